The summed E-state index contributed by atoms with van der Waals surface area (Å²) >= 11 is 0. The van der Waals surface area contributed by atoms with Crippen LogP contribution in [0.2, 0.25) is 0 Å². The van der Waals surface area contributed by atoms with Crippen molar-refractivity contribution in [3.8, 4) is 0 Å². The molecule has 1 aromatic rings. The Balaban J connectivity index is 2.39. The third-order valence-electron chi connectivity index (χ3n) is 2.18. The Bertz CT molecular complexity index is 262. The highest BCUT2D eigenvalue weighted by molar-refractivity contribution is 5.26. The van der Waals surface area contributed by atoms with Crippen LogP contribution in [0.25, 0.3) is 0 Å². The topological polar surface area (TPSA) is 25.8 Å². The van der Waals surface area contributed by atoms with Gasteiger partial charge >= 0.3 is 0 Å². The van der Waals surface area contributed by atoms with Crippen LogP contribution in [0, 0.1) is 0 Å². The molecule has 3 heteroatoms. The average Bonchev–Trinajstić information content (AvgIpc) is 2.47. The van der Waals surface area contributed by atoms with Gasteiger partial charge in [0.15, 0.2) is 0 Å². The molecule has 1 atom stereocenters. The minimum Gasteiger partial charge on any atom is -0.250 e. The summed E-state index contributed by atoms with van der Waals surface area (Å²) < 4.78 is 12.3. The van der Waals surface area contributed by atoms with E-state index in [1.807, 2.05) is 0 Å². The number of rotatable bonds is 1. The third kappa shape index (κ3) is 1.00. The molecule has 0 fully saturated rings. The molecular weight excluding hydrogens is 143 g/mol. The van der Waals surface area contributed by atoms with Crippen LogP contribution in [0.3, 0.4) is 0 Å². The lowest BCUT2D eigenvalue weighted by molar-refractivity contribution is 0.428. The summed E-state index contributed by atoms with van der Waals surface area (Å²) in [7, 11) is 0. The summed E-state index contributed by atoms with van der Waals surface area (Å²) in [6, 6.07) is 0. The van der Waals surface area contributed by atoms with E-state index in [1.165, 1.54) is 6.33 Å². The highest BCUT2D eigenvalue weighted by Crippen LogP contribution is 2.30. The maximum absolute atomic E-state index is 12.3. The van der Waals surface area contributed by atoms with E-state index in [2.05, 4.69) is 9.97 Å². The van der Waals surface area contributed by atoms with Gasteiger partial charge in [0, 0.05) is 17.8 Å². The maximum Gasteiger partial charge on any atom is 0.115 e. The van der Waals surface area contributed by atoms with Crippen molar-refractivity contribution >= 4 is 0 Å². The van der Waals surface area contributed by atoms with Gasteiger partial charge in [0.1, 0.15) is 6.33 Å². The molecule has 1 aliphatic rings. The van der Waals surface area contributed by atoms with Crippen LogP contribution in [0.15, 0.2) is 12.5 Å². The van der Waals surface area contributed by atoms with Crippen molar-refractivity contribution < 1.29 is 4.39 Å². The number of aryl methyl sites for hydroxylation is 1. The molecule has 2 nitrogen and oxygen atoms in total. The number of nitrogens with zero attached hydrogens (tertiary/aromatic N) is 2. The molecule has 1 aromatic heterocycles. The van der Waals surface area contributed by atoms with E-state index in [4.69, 9.17) is 0 Å². The van der Waals surface area contributed by atoms with Crippen molar-refractivity contribution in [1.82, 2.24) is 9.97 Å². The van der Waals surface area contributed by atoms with Crippen molar-refractivity contribution in [2.75, 3.05) is 6.67 Å². The second-order valence-electron chi connectivity index (χ2n) is 2.81. The quantitative estimate of drug-likeness (QED) is 0.609. The van der Waals surface area contributed by atoms with Crippen LogP contribution in [0.4, 0.5) is 4.39 Å². The lowest BCUT2D eigenvalue weighted by Gasteiger charge is -2.02. The molecule has 2 rings (SSSR count). The zero-order chi connectivity index (χ0) is 7.68. The smallest absolute Gasteiger partial charge is 0.115 e. The summed E-state index contributed by atoms with van der Waals surface area (Å²) in [4.78, 5) is 7.96. The Morgan fingerprint density at radius 1 is 1.64 bits per heavy atom. The predicted octanol–water partition coefficient (Wildman–Crippen LogP) is 1.48. The molecule has 11 heavy (non-hydrogen) atoms. The number of aromatic nitrogens is 2. The summed E-state index contributed by atoms with van der Waals surface area (Å²) in [5.41, 5.74) is 2.04. The van der Waals surface area contributed by atoms with Crippen LogP contribution in [-0.2, 0) is 6.42 Å². The molecule has 0 saturated heterocycles. The number of hydrogen-bond acceptors (Lipinski definition) is 2. The zero-order valence-electron chi connectivity index (χ0n) is 6.13. The number of fused-ring (bicyclic) bond motifs is 1. The minimum atomic E-state index is -0.277. The summed E-state index contributed by atoms with van der Waals surface area (Å²) in [6.07, 6.45) is 5.07. The van der Waals surface area contributed by atoms with Crippen molar-refractivity contribution in [3.63, 3.8) is 0 Å². The number of halogens is 1. The van der Waals surface area contributed by atoms with E-state index in [9.17, 15) is 4.39 Å². The van der Waals surface area contributed by atoms with Crippen molar-refractivity contribution in [1.29, 1.82) is 0 Å². The van der Waals surface area contributed by atoms with E-state index in [1.54, 1.807) is 6.20 Å². The fourth-order valence-electron chi connectivity index (χ4n) is 1.54. The van der Waals surface area contributed by atoms with Crippen LogP contribution in [0.1, 0.15) is 23.6 Å². The van der Waals surface area contributed by atoms with Crippen LogP contribution < -0.4 is 0 Å². The number of hydrogen-bond donors (Lipinski definition) is 0. The second kappa shape index (κ2) is 2.57. The highest BCUT2D eigenvalue weighted by Gasteiger charge is 2.22. The van der Waals surface area contributed by atoms with Gasteiger partial charge in [-0.25, -0.2) is 9.97 Å². The number of alkyl halides is 1. The van der Waals surface area contributed by atoms with E-state index in [0.29, 0.717) is 0 Å². The van der Waals surface area contributed by atoms with Gasteiger partial charge in [0.05, 0.1) is 6.67 Å². The predicted molar refractivity (Wildman–Crippen MR) is 39.1 cm³/mol. The molecule has 0 aromatic carbocycles. The Labute approximate surface area is 64.5 Å². The molecule has 0 bridgehead atoms. The molecule has 0 saturated carbocycles. The molecule has 0 N–H and O–H groups in total. The minimum absolute atomic E-state index is 0.0613. The third-order valence-corrected chi connectivity index (χ3v) is 2.18. The first-order chi connectivity index (χ1) is 5.42. The maximum atomic E-state index is 12.3. The first-order valence-corrected chi connectivity index (χ1v) is 3.76. The zero-order valence-corrected chi connectivity index (χ0v) is 6.13. The SMILES string of the molecule is FC[C@@H]1CCc2ncncc21. The molecule has 0 radical (unpaired) electrons. The first kappa shape index (κ1) is 6.70. The van der Waals surface area contributed by atoms with Crippen molar-refractivity contribution in [3.05, 3.63) is 23.8 Å². The van der Waals surface area contributed by atoms with E-state index in [-0.39, 0.29) is 12.6 Å². The van der Waals surface area contributed by atoms with Gasteiger partial charge in [0.25, 0.3) is 0 Å². The Kier molecular flexibility index (Phi) is 1.56. The monoisotopic (exact) mass is 152 g/mol. The normalized spacial score (nSPS) is 21.7. The second-order valence-corrected chi connectivity index (χ2v) is 2.81. The van der Waals surface area contributed by atoms with Gasteiger partial charge in [-0.2, -0.15) is 0 Å². The van der Waals surface area contributed by atoms with Gasteiger partial charge in [-0.15, -0.1) is 0 Å². The lowest BCUT2D eigenvalue weighted by Crippen LogP contribution is -1.96. The van der Waals surface area contributed by atoms with Crippen LogP contribution in [0.5, 0.6) is 0 Å². The standard InChI is InChI=1S/C8H9FN2/c9-3-6-1-2-8-7(6)4-10-5-11-8/h4-6H,1-3H2/t6-/m0/s1. The molecule has 0 unspecified atom stereocenters. The molecule has 1 heterocycles. The summed E-state index contributed by atoms with van der Waals surface area (Å²) in [6.45, 7) is -0.277. The molecule has 0 amide bonds. The molecular formula is C8H9FN2. The van der Waals surface area contributed by atoms with Gasteiger partial charge in [0.2, 0.25) is 0 Å². The van der Waals surface area contributed by atoms with E-state index in [0.717, 1.165) is 24.1 Å². The van der Waals surface area contributed by atoms with Crippen molar-refractivity contribution in [2.45, 2.75) is 18.8 Å². The lowest BCUT2D eigenvalue weighted by atomic mass is 10.1. The molecule has 1 aliphatic carbocycles. The van der Waals surface area contributed by atoms with Gasteiger partial charge in [-0.1, -0.05) is 0 Å². The largest absolute Gasteiger partial charge is 0.250 e. The van der Waals surface area contributed by atoms with Crippen LogP contribution in [-0.4, -0.2) is 16.6 Å². The summed E-state index contributed by atoms with van der Waals surface area (Å²) in [5.74, 6) is 0.0613. The Hall–Kier alpha value is -0.990. The van der Waals surface area contributed by atoms with E-state index >= 15 is 0 Å². The fraction of sp³-hybridized carbons (Fsp3) is 0.500. The molecule has 0 aliphatic heterocycles. The first-order valence-electron chi connectivity index (χ1n) is 3.76. The molecule has 58 valence electrons. The van der Waals surface area contributed by atoms with Crippen molar-refractivity contribution in [2.24, 2.45) is 0 Å². The fourth-order valence-corrected chi connectivity index (χ4v) is 1.54. The van der Waals surface area contributed by atoms with E-state index < -0.39 is 0 Å². The van der Waals surface area contributed by atoms with Crippen LogP contribution >= 0.6 is 0 Å². The average molecular weight is 152 g/mol. The molecule has 0 spiro atoms. The Morgan fingerprint density at radius 2 is 2.55 bits per heavy atom. The highest BCUT2D eigenvalue weighted by atomic mass is 19.1. The summed E-state index contributed by atoms with van der Waals surface area (Å²) in [5, 5.41) is 0. The van der Waals surface area contributed by atoms with Gasteiger partial charge in [-0.3, -0.25) is 4.39 Å². The van der Waals surface area contributed by atoms with Gasteiger partial charge in [-0.05, 0) is 18.4 Å². The Morgan fingerprint density at radius 3 is 3.36 bits per heavy atom. The van der Waals surface area contributed by atoms with Gasteiger partial charge < -0.3 is 0 Å².